The summed E-state index contributed by atoms with van der Waals surface area (Å²) in [5.41, 5.74) is 0. The van der Waals surface area contributed by atoms with Crippen molar-refractivity contribution in [2.24, 2.45) is 0 Å². The molecule has 1 fully saturated rings. The van der Waals surface area contributed by atoms with Crippen LogP contribution in [0.2, 0.25) is 0 Å². The molecule has 0 unspecified atom stereocenters. The Kier molecular flexibility index (Phi) is 12.9. The third kappa shape index (κ3) is 9.31. The quantitative estimate of drug-likeness (QED) is 0.350. The molecule has 1 saturated heterocycles. The average molecular weight is 374 g/mol. The minimum Gasteiger partial charge on any atom is -0.394 e. The Bertz CT molecular complexity index is 366. The summed E-state index contributed by atoms with van der Waals surface area (Å²) >= 11 is 0. The lowest BCUT2D eigenvalue weighted by Gasteiger charge is -2.37. The predicted molar refractivity (Wildman–Crippen MR) is 102 cm³/mol. The molecule has 1 rings (SSSR count). The third-order valence-electron chi connectivity index (χ3n) is 5.17. The van der Waals surface area contributed by atoms with Gasteiger partial charge in [0.05, 0.1) is 19.3 Å². The van der Waals surface area contributed by atoms with Crippen LogP contribution in [0.1, 0.15) is 84.0 Å². The van der Waals surface area contributed by atoms with E-state index in [-0.39, 0.29) is 19.1 Å². The minimum absolute atomic E-state index is 0.105. The molecule has 1 aliphatic heterocycles. The number of ether oxygens (including phenoxy) is 1. The smallest absolute Gasteiger partial charge is 0.220 e. The van der Waals surface area contributed by atoms with Gasteiger partial charge in [0, 0.05) is 6.42 Å². The zero-order chi connectivity index (χ0) is 19.2. The van der Waals surface area contributed by atoms with Crippen molar-refractivity contribution >= 4 is 5.91 Å². The van der Waals surface area contributed by atoms with Crippen LogP contribution in [0.3, 0.4) is 0 Å². The molecule has 154 valence electrons. The Labute approximate surface area is 158 Å². The summed E-state index contributed by atoms with van der Waals surface area (Å²) in [4.78, 5) is 12.0. The first-order valence-corrected chi connectivity index (χ1v) is 10.5. The van der Waals surface area contributed by atoms with Gasteiger partial charge in [0.2, 0.25) is 5.91 Å². The van der Waals surface area contributed by atoms with Gasteiger partial charge in [-0.15, -0.1) is 0 Å². The van der Waals surface area contributed by atoms with E-state index in [0.717, 1.165) is 19.3 Å². The van der Waals surface area contributed by atoms with Crippen molar-refractivity contribution in [2.75, 3.05) is 13.2 Å². The summed E-state index contributed by atoms with van der Waals surface area (Å²) in [5.74, 6) is -0.122. The summed E-state index contributed by atoms with van der Waals surface area (Å²) in [7, 11) is 0. The maximum atomic E-state index is 12.0. The molecule has 4 N–H and O–H groups in total. The second-order valence-electron chi connectivity index (χ2n) is 7.50. The van der Waals surface area contributed by atoms with Crippen molar-refractivity contribution < 1.29 is 24.9 Å². The molecule has 1 amide bonds. The Hall–Kier alpha value is -0.690. The number of unbranched alkanes of at least 4 members (excludes halogenated alkanes) is 10. The number of aliphatic hydroxyl groups excluding tert-OH is 3. The number of nitrogens with one attached hydrogen (secondary N) is 1. The fourth-order valence-corrected chi connectivity index (χ4v) is 3.40. The molecular weight excluding hydrogens is 334 g/mol. The minimum atomic E-state index is -1.18. The highest BCUT2D eigenvalue weighted by molar-refractivity contribution is 5.76. The van der Waals surface area contributed by atoms with Gasteiger partial charge >= 0.3 is 0 Å². The van der Waals surface area contributed by atoms with Crippen LogP contribution in [0, 0.1) is 0 Å². The SMILES string of the molecule is CCCCCCCCCCCCCC(=O)N[C@H]1CO[C@H](CO)[C@@H](O)[C@@H]1O. The molecule has 0 saturated carbocycles. The molecule has 0 radical (unpaired) electrons. The van der Waals surface area contributed by atoms with Gasteiger partial charge in [-0.1, -0.05) is 71.1 Å². The molecule has 6 nitrogen and oxygen atoms in total. The van der Waals surface area contributed by atoms with Crippen LogP contribution in [0.25, 0.3) is 0 Å². The highest BCUT2D eigenvalue weighted by Crippen LogP contribution is 2.16. The Balaban J connectivity index is 1.99. The van der Waals surface area contributed by atoms with E-state index in [4.69, 9.17) is 9.84 Å². The summed E-state index contributed by atoms with van der Waals surface area (Å²) in [6, 6.07) is -0.618. The van der Waals surface area contributed by atoms with E-state index in [9.17, 15) is 15.0 Å². The first-order valence-electron chi connectivity index (χ1n) is 10.5. The van der Waals surface area contributed by atoms with Gasteiger partial charge in [-0.2, -0.15) is 0 Å². The van der Waals surface area contributed by atoms with E-state index >= 15 is 0 Å². The lowest BCUT2D eigenvalue weighted by atomic mass is 9.98. The van der Waals surface area contributed by atoms with Crippen molar-refractivity contribution in [3.8, 4) is 0 Å². The summed E-state index contributed by atoms with van der Waals surface area (Å²) in [6.45, 7) is 1.99. The predicted octanol–water partition coefficient (Wildman–Crippen LogP) is 2.29. The number of aliphatic hydroxyl groups is 3. The molecule has 0 aromatic rings. The van der Waals surface area contributed by atoms with Crippen LogP contribution in [-0.4, -0.2) is 58.8 Å². The first-order chi connectivity index (χ1) is 12.6. The Morgan fingerprint density at radius 1 is 0.923 bits per heavy atom. The number of carbonyl (C=O) groups excluding carboxylic acids is 1. The topological polar surface area (TPSA) is 99.0 Å². The summed E-state index contributed by atoms with van der Waals surface area (Å²) < 4.78 is 5.26. The zero-order valence-corrected chi connectivity index (χ0v) is 16.4. The summed E-state index contributed by atoms with van der Waals surface area (Å²) in [6.07, 6.45) is 11.0. The summed E-state index contributed by atoms with van der Waals surface area (Å²) in [5, 5.41) is 31.6. The maximum absolute atomic E-state index is 12.0. The van der Waals surface area contributed by atoms with Gasteiger partial charge < -0.3 is 25.4 Å². The molecule has 6 heteroatoms. The fourth-order valence-electron chi connectivity index (χ4n) is 3.40. The number of carbonyl (C=O) groups is 1. The van der Waals surface area contributed by atoms with Crippen molar-refractivity contribution in [1.82, 2.24) is 5.32 Å². The molecular formula is C20H39NO5. The second-order valence-corrected chi connectivity index (χ2v) is 7.50. The first kappa shape index (κ1) is 23.3. The second kappa shape index (κ2) is 14.4. The highest BCUT2D eigenvalue weighted by atomic mass is 16.5. The van der Waals surface area contributed by atoms with Crippen LogP contribution in [0.4, 0.5) is 0 Å². The normalized spacial score (nSPS) is 26.0. The molecule has 26 heavy (non-hydrogen) atoms. The van der Waals surface area contributed by atoms with Crippen LogP contribution < -0.4 is 5.32 Å². The average Bonchev–Trinajstić information content (AvgIpc) is 2.64. The van der Waals surface area contributed by atoms with Crippen LogP contribution in [0.5, 0.6) is 0 Å². The lowest BCUT2D eigenvalue weighted by molar-refractivity contribution is -0.164. The van der Waals surface area contributed by atoms with Crippen LogP contribution >= 0.6 is 0 Å². The zero-order valence-electron chi connectivity index (χ0n) is 16.4. The Morgan fingerprint density at radius 3 is 2.00 bits per heavy atom. The van der Waals surface area contributed by atoms with E-state index in [1.807, 2.05) is 0 Å². The van der Waals surface area contributed by atoms with E-state index in [1.54, 1.807) is 0 Å². The monoisotopic (exact) mass is 373 g/mol. The van der Waals surface area contributed by atoms with Crippen LogP contribution in [0.15, 0.2) is 0 Å². The van der Waals surface area contributed by atoms with Gasteiger partial charge in [-0.05, 0) is 6.42 Å². The van der Waals surface area contributed by atoms with Crippen molar-refractivity contribution in [2.45, 2.75) is 108 Å². The maximum Gasteiger partial charge on any atom is 0.220 e. The molecule has 0 aromatic carbocycles. The molecule has 0 spiro atoms. The molecule has 1 heterocycles. The molecule has 1 aliphatic rings. The highest BCUT2D eigenvalue weighted by Gasteiger charge is 2.38. The van der Waals surface area contributed by atoms with E-state index < -0.39 is 24.4 Å². The van der Waals surface area contributed by atoms with Gasteiger partial charge in [-0.3, -0.25) is 4.79 Å². The van der Waals surface area contributed by atoms with Gasteiger partial charge in [0.25, 0.3) is 0 Å². The number of rotatable bonds is 14. The number of hydrogen-bond acceptors (Lipinski definition) is 5. The van der Waals surface area contributed by atoms with Crippen LogP contribution in [-0.2, 0) is 9.53 Å². The van der Waals surface area contributed by atoms with E-state index in [0.29, 0.717) is 6.42 Å². The van der Waals surface area contributed by atoms with Gasteiger partial charge in [0.15, 0.2) is 0 Å². The van der Waals surface area contributed by atoms with E-state index in [1.165, 1.54) is 51.4 Å². The van der Waals surface area contributed by atoms with Crippen molar-refractivity contribution in [3.05, 3.63) is 0 Å². The largest absolute Gasteiger partial charge is 0.394 e. The lowest BCUT2D eigenvalue weighted by Crippen LogP contribution is -2.59. The van der Waals surface area contributed by atoms with Gasteiger partial charge in [-0.25, -0.2) is 0 Å². The number of amides is 1. The van der Waals surface area contributed by atoms with Crippen molar-refractivity contribution in [3.63, 3.8) is 0 Å². The van der Waals surface area contributed by atoms with E-state index in [2.05, 4.69) is 12.2 Å². The third-order valence-corrected chi connectivity index (χ3v) is 5.17. The van der Waals surface area contributed by atoms with Gasteiger partial charge in [0.1, 0.15) is 18.3 Å². The standard InChI is InChI=1S/C20H39NO5/c1-2-3-4-5-6-7-8-9-10-11-12-13-18(23)21-16-15-26-17(14-22)20(25)19(16)24/h16-17,19-20,22,24-25H,2-15H2,1H3,(H,21,23)/t16-,17+,19+,20+/m0/s1. The Morgan fingerprint density at radius 2 is 1.46 bits per heavy atom. The molecule has 4 atom stereocenters. The molecule has 0 bridgehead atoms. The molecule has 0 aliphatic carbocycles. The number of hydrogen-bond donors (Lipinski definition) is 4. The molecule has 0 aromatic heterocycles. The van der Waals surface area contributed by atoms with Crippen molar-refractivity contribution in [1.29, 1.82) is 0 Å². The fraction of sp³-hybridized carbons (Fsp3) is 0.950.